The summed E-state index contributed by atoms with van der Waals surface area (Å²) in [7, 11) is 0. The van der Waals surface area contributed by atoms with Crippen LogP contribution in [0.3, 0.4) is 0 Å². The topological polar surface area (TPSA) is 29.5 Å². The molecule has 0 atom stereocenters. The maximum Gasteiger partial charge on any atom is 0.0690 e. The van der Waals surface area contributed by atoms with Crippen LogP contribution in [-0.2, 0) is 4.74 Å². The zero-order chi connectivity index (χ0) is 12.4. The molecule has 1 N–H and O–H groups in total. The molecule has 0 saturated heterocycles. The van der Waals surface area contributed by atoms with Crippen LogP contribution in [0.2, 0.25) is 0 Å². The second-order valence-electron chi connectivity index (χ2n) is 7.09. The normalized spacial score (nSPS) is 41.5. The minimum absolute atomic E-state index is 0.297. The smallest absolute Gasteiger partial charge is 0.0690 e. The first-order valence-corrected chi connectivity index (χ1v) is 8.04. The summed E-state index contributed by atoms with van der Waals surface area (Å²) in [6.07, 6.45) is 13.1. The SMILES string of the molecule is OCCCCCCOC12CC3CC(CC(C3)C1)C2. The summed E-state index contributed by atoms with van der Waals surface area (Å²) in [4.78, 5) is 0. The number of aliphatic hydroxyl groups excluding tert-OH is 1. The first-order valence-electron chi connectivity index (χ1n) is 8.04. The third-order valence-corrected chi connectivity index (χ3v) is 5.44. The van der Waals surface area contributed by atoms with Crippen LogP contribution in [0, 0.1) is 17.8 Å². The molecule has 0 aromatic heterocycles. The van der Waals surface area contributed by atoms with Gasteiger partial charge in [-0.1, -0.05) is 12.8 Å². The Balaban J connectivity index is 1.42. The third kappa shape index (κ3) is 2.75. The van der Waals surface area contributed by atoms with Crippen LogP contribution in [0.5, 0.6) is 0 Å². The zero-order valence-electron chi connectivity index (χ0n) is 11.6. The Bertz CT molecular complexity index is 239. The Morgan fingerprint density at radius 1 is 0.833 bits per heavy atom. The monoisotopic (exact) mass is 252 g/mol. The highest BCUT2D eigenvalue weighted by Crippen LogP contribution is 2.57. The average molecular weight is 252 g/mol. The third-order valence-electron chi connectivity index (χ3n) is 5.44. The van der Waals surface area contributed by atoms with E-state index in [-0.39, 0.29) is 0 Å². The van der Waals surface area contributed by atoms with Crippen molar-refractivity contribution in [1.82, 2.24) is 0 Å². The fraction of sp³-hybridized carbons (Fsp3) is 1.00. The van der Waals surface area contributed by atoms with Gasteiger partial charge < -0.3 is 9.84 Å². The summed E-state index contributed by atoms with van der Waals surface area (Å²) in [5.41, 5.74) is 0.297. The summed E-state index contributed by atoms with van der Waals surface area (Å²) in [5.74, 6) is 2.97. The molecule has 0 heterocycles. The van der Waals surface area contributed by atoms with Gasteiger partial charge in [0.15, 0.2) is 0 Å². The Morgan fingerprint density at radius 3 is 1.94 bits per heavy atom. The van der Waals surface area contributed by atoms with Gasteiger partial charge in [-0.2, -0.15) is 0 Å². The first kappa shape index (κ1) is 12.9. The van der Waals surface area contributed by atoms with E-state index in [1.165, 1.54) is 51.4 Å². The van der Waals surface area contributed by atoms with Crippen molar-refractivity contribution in [3.8, 4) is 0 Å². The van der Waals surface area contributed by atoms with Crippen molar-refractivity contribution in [2.45, 2.75) is 69.8 Å². The van der Waals surface area contributed by atoms with E-state index >= 15 is 0 Å². The lowest BCUT2D eigenvalue weighted by Crippen LogP contribution is -2.52. The molecule has 4 saturated carbocycles. The highest BCUT2D eigenvalue weighted by atomic mass is 16.5. The van der Waals surface area contributed by atoms with Crippen molar-refractivity contribution in [1.29, 1.82) is 0 Å². The van der Waals surface area contributed by atoms with Crippen LogP contribution in [0.1, 0.15) is 64.2 Å². The number of rotatable bonds is 7. The quantitative estimate of drug-likeness (QED) is 0.702. The Labute approximate surface area is 111 Å². The molecule has 0 amide bonds. The van der Waals surface area contributed by atoms with Crippen molar-refractivity contribution >= 4 is 0 Å². The van der Waals surface area contributed by atoms with Gasteiger partial charge in [-0.05, 0) is 69.1 Å². The van der Waals surface area contributed by atoms with Gasteiger partial charge in [0.25, 0.3) is 0 Å². The average Bonchev–Trinajstić information content (AvgIpc) is 2.32. The van der Waals surface area contributed by atoms with Gasteiger partial charge in [-0.25, -0.2) is 0 Å². The van der Waals surface area contributed by atoms with E-state index in [4.69, 9.17) is 9.84 Å². The minimum Gasteiger partial charge on any atom is -0.396 e. The Hall–Kier alpha value is -0.0800. The fourth-order valence-electron chi connectivity index (χ4n) is 5.06. The van der Waals surface area contributed by atoms with Gasteiger partial charge in [0.2, 0.25) is 0 Å². The molecule has 0 aromatic carbocycles. The molecule has 4 fully saturated rings. The van der Waals surface area contributed by atoms with Crippen molar-refractivity contribution < 1.29 is 9.84 Å². The van der Waals surface area contributed by atoms with Crippen LogP contribution in [0.15, 0.2) is 0 Å². The van der Waals surface area contributed by atoms with Crippen LogP contribution in [0.4, 0.5) is 0 Å². The Kier molecular flexibility index (Phi) is 3.95. The number of aliphatic hydroxyl groups is 1. The molecule has 0 aliphatic heterocycles. The summed E-state index contributed by atoms with van der Waals surface area (Å²) < 4.78 is 6.36. The predicted octanol–water partition coefficient (Wildman–Crippen LogP) is 3.52. The number of hydrogen-bond donors (Lipinski definition) is 1. The van der Waals surface area contributed by atoms with E-state index in [1.807, 2.05) is 0 Å². The zero-order valence-corrected chi connectivity index (χ0v) is 11.6. The molecule has 18 heavy (non-hydrogen) atoms. The molecule has 2 heteroatoms. The first-order chi connectivity index (χ1) is 8.80. The lowest BCUT2D eigenvalue weighted by molar-refractivity contribution is -0.162. The van der Waals surface area contributed by atoms with Gasteiger partial charge >= 0.3 is 0 Å². The molecule has 0 aromatic rings. The van der Waals surface area contributed by atoms with Gasteiger partial charge in [0.05, 0.1) is 5.60 Å². The largest absolute Gasteiger partial charge is 0.396 e. The van der Waals surface area contributed by atoms with E-state index in [0.717, 1.165) is 37.2 Å². The van der Waals surface area contributed by atoms with E-state index < -0.39 is 0 Å². The molecule has 4 rings (SSSR count). The predicted molar refractivity (Wildman–Crippen MR) is 72.4 cm³/mol. The second kappa shape index (κ2) is 5.50. The van der Waals surface area contributed by atoms with Gasteiger partial charge in [0, 0.05) is 13.2 Å². The molecule has 0 unspecified atom stereocenters. The standard InChI is InChI=1S/C16H28O2/c17-5-3-1-2-4-6-18-16-10-13-7-14(11-16)9-15(8-13)12-16/h13-15,17H,1-12H2. The maximum atomic E-state index is 8.75. The summed E-state index contributed by atoms with van der Waals surface area (Å²) in [6.45, 7) is 1.30. The second-order valence-corrected chi connectivity index (χ2v) is 7.09. The van der Waals surface area contributed by atoms with Crippen molar-refractivity contribution in [2.75, 3.05) is 13.2 Å². The van der Waals surface area contributed by atoms with E-state index in [2.05, 4.69) is 0 Å². The molecule has 104 valence electrons. The maximum absolute atomic E-state index is 8.75. The van der Waals surface area contributed by atoms with Gasteiger partial charge in [0.1, 0.15) is 0 Å². The Morgan fingerprint density at radius 2 is 1.39 bits per heavy atom. The van der Waals surface area contributed by atoms with Crippen molar-refractivity contribution in [3.63, 3.8) is 0 Å². The van der Waals surface area contributed by atoms with E-state index in [9.17, 15) is 0 Å². The van der Waals surface area contributed by atoms with E-state index in [0.29, 0.717) is 12.2 Å². The molecule has 4 bridgehead atoms. The van der Waals surface area contributed by atoms with Crippen LogP contribution in [0.25, 0.3) is 0 Å². The number of hydrogen-bond acceptors (Lipinski definition) is 2. The summed E-state index contributed by atoms with van der Waals surface area (Å²) in [5, 5.41) is 8.75. The summed E-state index contributed by atoms with van der Waals surface area (Å²) in [6, 6.07) is 0. The molecule has 4 aliphatic carbocycles. The highest BCUT2D eigenvalue weighted by Gasteiger charge is 2.51. The van der Waals surface area contributed by atoms with Crippen LogP contribution >= 0.6 is 0 Å². The fourth-order valence-corrected chi connectivity index (χ4v) is 5.06. The molecule has 2 nitrogen and oxygen atoms in total. The minimum atomic E-state index is 0.297. The molecular weight excluding hydrogens is 224 g/mol. The summed E-state index contributed by atoms with van der Waals surface area (Å²) >= 11 is 0. The molecule has 0 spiro atoms. The van der Waals surface area contributed by atoms with Crippen molar-refractivity contribution in [3.05, 3.63) is 0 Å². The lowest BCUT2D eigenvalue weighted by Gasteiger charge is -2.56. The molecule has 4 aliphatic rings. The van der Waals surface area contributed by atoms with Gasteiger partial charge in [-0.15, -0.1) is 0 Å². The van der Waals surface area contributed by atoms with Crippen LogP contribution in [-0.4, -0.2) is 23.9 Å². The lowest BCUT2D eigenvalue weighted by atomic mass is 9.54. The molecule has 0 radical (unpaired) electrons. The van der Waals surface area contributed by atoms with Crippen LogP contribution < -0.4 is 0 Å². The molecular formula is C16H28O2. The number of ether oxygens (including phenoxy) is 1. The van der Waals surface area contributed by atoms with E-state index in [1.54, 1.807) is 0 Å². The highest BCUT2D eigenvalue weighted by molar-refractivity contribution is 5.03. The van der Waals surface area contributed by atoms with Gasteiger partial charge in [-0.3, -0.25) is 0 Å². The number of unbranched alkanes of at least 4 members (excludes halogenated alkanes) is 3. The van der Waals surface area contributed by atoms with Crippen molar-refractivity contribution in [2.24, 2.45) is 17.8 Å².